The predicted molar refractivity (Wildman–Crippen MR) is 85.4 cm³/mol. The molecule has 0 aliphatic heterocycles. The second-order valence-corrected chi connectivity index (χ2v) is 7.36. The van der Waals surface area contributed by atoms with Gasteiger partial charge in [-0.1, -0.05) is 13.0 Å². The fraction of sp³-hybridized carbons (Fsp3) is 0.556. The molecule has 0 saturated heterocycles. The van der Waals surface area contributed by atoms with Crippen LogP contribution in [0.15, 0.2) is 6.08 Å². The van der Waals surface area contributed by atoms with Gasteiger partial charge in [-0.05, 0) is 50.3 Å². The number of fused-ring (bicyclic) bond motifs is 2. The molecule has 2 bridgehead atoms. The van der Waals surface area contributed by atoms with E-state index in [1.54, 1.807) is 0 Å². The third-order valence-corrected chi connectivity index (χ3v) is 5.39. The molecule has 0 aromatic heterocycles. The van der Waals surface area contributed by atoms with E-state index >= 15 is 0 Å². The first-order valence-electron chi connectivity index (χ1n) is 8.03. The van der Waals surface area contributed by atoms with Gasteiger partial charge in [-0.15, -0.1) is 0 Å². The molecular formula is C18H22F3NO2. The average Bonchev–Trinajstić information content (AvgIpc) is 2.83. The number of benzene rings is 1. The van der Waals surface area contributed by atoms with Gasteiger partial charge in [0.05, 0.1) is 12.7 Å². The van der Waals surface area contributed by atoms with Crippen LogP contribution in [0.5, 0.6) is 11.5 Å². The van der Waals surface area contributed by atoms with Crippen molar-refractivity contribution in [3.05, 3.63) is 29.1 Å². The number of methoxy groups -OCH3 is 1. The third kappa shape index (κ3) is 2.39. The number of phenolic OH excluding ortho intramolecular Hbond substituents is 1. The molecule has 1 saturated carbocycles. The second kappa shape index (κ2) is 5.69. The Hall–Kier alpha value is -1.69. The van der Waals surface area contributed by atoms with Crippen LogP contribution in [-0.2, 0) is 0 Å². The first-order valence-corrected chi connectivity index (χ1v) is 8.03. The second-order valence-electron chi connectivity index (χ2n) is 7.36. The molecule has 1 aromatic carbocycles. The Morgan fingerprint density at radius 2 is 1.88 bits per heavy atom. The van der Waals surface area contributed by atoms with Crippen molar-refractivity contribution in [3.63, 3.8) is 0 Å². The monoisotopic (exact) mass is 341 g/mol. The fourth-order valence-electron chi connectivity index (χ4n) is 4.43. The molecule has 132 valence electrons. The fourth-order valence-corrected chi connectivity index (χ4v) is 4.43. The van der Waals surface area contributed by atoms with E-state index in [0.29, 0.717) is 11.5 Å². The van der Waals surface area contributed by atoms with Gasteiger partial charge in [0.15, 0.2) is 17.3 Å². The molecular weight excluding hydrogens is 319 g/mol. The number of phenols is 1. The lowest BCUT2D eigenvalue weighted by atomic mass is 9.74. The SMILES string of the molecule is COc1c(F)c(F)c(O)c(F)c1C1=CC2(C)CCC(C2)C1N(C)C. The summed E-state index contributed by atoms with van der Waals surface area (Å²) in [5.41, 5.74) is 0.273. The summed E-state index contributed by atoms with van der Waals surface area (Å²) in [6, 6.07) is -0.145. The maximum atomic E-state index is 14.7. The van der Waals surface area contributed by atoms with Gasteiger partial charge in [0, 0.05) is 6.04 Å². The number of rotatable bonds is 3. The number of halogens is 3. The summed E-state index contributed by atoms with van der Waals surface area (Å²) >= 11 is 0. The topological polar surface area (TPSA) is 32.7 Å². The van der Waals surface area contributed by atoms with Crippen molar-refractivity contribution in [1.82, 2.24) is 4.90 Å². The van der Waals surface area contributed by atoms with Crippen molar-refractivity contribution >= 4 is 5.57 Å². The lowest BCUT2D eigenvalue weighted by Gasteiger charge is -2.38. The van der Waals surface area contributed by atoms with Gasteiger partial charge in [0.25, 0.3) is 0 Å². The van der Waals surface area contributed by atoms with Crippen molar-refractivity contribution in [2.24, 2.45) is 11.3 Å². The maximum absolute atomic E-state index is 14.7. The number of hydrogen-bond acceptors (Lipinski definition) is 3. The smallest absolute Gasteiger partial charge is 0.207 e. The van der Waals surface area contributed by atoms with Gasteiger partial charge in [-0.3, -0.25) is 0 Å². The van der Waals surface area contributed by atoms with Crippen molar-refractivity contribution < 1.29 is 23.0 Å². The molecule has 3 rings (SSSR count). The predicted octanol–water partition coefficient (Wildman–Crippen LogP) is 3.95. The van der Waals surface area contributed by atoms with E-state index in [-0.39, 0.29) is 17.0 Å². The number of aromatic hydroxyl groups is 1. The van der Waals surface area contributed by atoms with Crippen LogP contribution in [0.25, 0.3) is 5.57 Å². The van der Waals surface area contributed by atoms with Crippen LogP contribution in [-0.4, -0.2) is 37.3 Å². The van der Waals surface area contributed by atoms with E-state index in [2.05, 4.69) is 6.92 Å². The molecule has 24 heavy (non-hydrogen) atoms. The van der Waals surface area contributed by atoms with E-state index in [1.165, 1.54) is 7.11 Å². The Labute approximate surface area is 139 Å². The van der Waals surface area contributed by atoms with E-state index in [9.17, 15) is 18.3 Å². The number of hydrogen-bond donors (Lipinski definition) is 1. The van der Waals surface area contributed by atoms with Gasteiger partial charge in [0.1, 0.15) is 0 Å². The summed E-state index contributed by atoms with van der Waals surface area (Å²) < 4.78 is 47.6. The van der Waals surface area contributed by atoms with Gasteiger partial charge in [-0.25, -0.2) is 4.39 Å². The minimum atomic E-state index is -1.62. The van der Waals surface area contributed by atoms with Crippen molar-refractivity contribution in [1.29, 1.82) is 0 Å². The molecule has 2 aliphatic carbocycles. The number of likely N-dealkylation sites (N-methyl/N-ethyl adjacent to an activating group) is 1. The van der Waals surface area contributed by atoms with Gasteiger partial charge in [-0.2, -0.15) is 8.78 Å². The lowest BCUT2D eigenvalue weighted by molar-refractivity contribution is 0.241. The Morgan fingerprint density at radius 1 is 1.21 bits per heavy atom. The summed E-state index contributed by atoms with van der Waals surface area (Å²) in [7, 11) is 4.93. The molecule has 0 radical (unpaired) electrons. The normalized spacial score (nSPS) is 29.1. The quantitative estimate of drug-likeness (QED) is 0.845. The molecule has 0 heterocycles. The van der Waals surface area contributed by atoms with Crippen LogP contribution >= 0.6 is 0 Å². The Bertz CT molecular complexity index is 717. The first-order chi connectivity index (χ1) is 11.2. The van der Waals surface area contributed by atoms with E-state index in [4.69, 9.17) is 4.74 Å². The van der Waals surface area contributed by atoms with E-state index < -0.39 is 29.0 Å². The van der Waals surface area contributed by atoms with Crippen LogP contribution in [0.3, 0.4) is 0 Å². The van der Waals surface area contributed by atoms with Crippen LogP contribution in [0, 0.1) is 28.8 Å². The van der Waals surface area contributed by atoms with Crippen molar-refractivity contribution in [2.45, 2.75) is 32.2 Å². The Kier molecular flexibility index (Phi) is 4.06. The minimum Gasteiger partial charge on any atom is -0.503 e. The summed E-state index contributed by atoms with van der Waals surface area (Å²) in [5.74, 6) is -5.67. The van der Waals surface area contributed by atoms with Crippen LogP contribution in [0.1, 0.15) is 31.7 Å². The van der Waals surface area contributed by atoms with Crippen LogP contribution in [0.4, 0.5) is 13.2 Å². The molecule has 3 nitrogen and oxygen atoms in total. The van der Waals surface area contributed by atoms with Crippen molar-refractivity contribution in [2.75, 3.05) is 21.2 Å². The van der Waals surface area contributed by atoms with Gasteiger partial charge >= 0.3 is 0 Å². The highest BCUT2D eigenvalue weighted by molar-refractivity contribution is 5.78. The first kappa shape index (κ1) is 17.1. The summed E-state index contributed by atoms with van der Waals surface area (Å²) in [6.45, 7) is 2.09. The highest BCUT2D eigenvalue weighted by Crippen LogP contribution is 2.54. The standard InChI is InChI=1S/C18H22F3NO2/c1-18-6-5-9(7-18)15(22(2)3)10(8-18)11-12(19)16(23)13(20)14(21)17(11)24-4/h8-9,15,23H,5-7H2,1-4H3. The Morgan fingerprint density at radius 3 is 2.46 bits per heavy atom. The molecule has 2 aliphatic rings. The molecule has 1 fully saturated rings. The number of allylic oxidation sites excluding steroid dienone is 1. The van der Waals surface area contributed by atoms with Crippen LogP contribution in [0.2, 0.25) is 0 Å². The zero-order chi connectivity index (χ0) is 17.8. The lowest BCUT2D eigenvalue weighted by Crippen LogP contribution is -2.38. The van der Waals surface area contributed by atoms with E-state index in [0.717, 1.165) is 19.3 Å². The molecule has 1 aromatic rings. The van der Waals surface area contributed by atoms with E-state index in [1.807, 2.05) is 25.1 Å². The zero-order valence-electron chi connectivity index (χ0n) is 14.3. The molecule has 0 amide bonds. The van der Waals surface area contributed by atoms with Gasteiger partial charge in [0.2, 0.25) is 11.6 Å². The summed E-state index contributed by atoms with van der Waals surface area (Å²) in [6.07, 6.45) is 4.86. The van der Waals surface area contributed by atoms with Gasteiger partial charge < -0.3 is 14.7 Å². The zero-order valence-corrected chi connectivity index (χ0v) is 14.3. The largest absolute Gasteiger partial charge is 0.503 e. The highest BCUT2D eigenvalue weighted by atomic mass is 19.2. The molecule has 1 N–H and O–H groups in total. The highest BCUT2D eigenvalue weighted by Gasteiger charge is 2.46. The van der Waals surface area contributed by atoms with Crippen molar-refractivity contribution in [3.8, 4) is 11.5 Å². The van der Waals surface area contributed by atoms with Crippen LogP contribution < -0.4 is 4.74 Å². The molecule has 3 unspecified atom stereocenters. The number of nitrogens with zero attached hydrogens (tertiary/aromatic N) is 1. The number of ether oxygens (including phenoxy) is 1. The third-order valence-electron chi connectivity index (χ3n) is 5.39. The summed E-state index contributed by atoms with van der Waals surface area (Å²) in [5, 5.41) is 9.67. The average molecular weight is 341 g/mol. The minimum absolute atomic E-state index is 0.107. The Balaban J connectivity index is 2.29. The molecule has 3 atom stereocenters. The molecule has 6 heteroatoms. The maximum Gasteiger partial charge on any atom is 0.207 e. The summed E-state index contributed by atoms with van der Waals surface area (Å²) in [4.78, 5) is 1.96. The molecule has 0 spiro atoms.